The van der Waals surface area contributed by atoms with Gasteiger partial charge in [0.2, 0.25) is 0 Å². The second-order valence-electron chi connectivity index (χ2n) is 5.78. The van der Waals surface area contributed by atoms with Crippen LogP contribution in [-0.2, 0) is 0 Å². The average molecular weight is 339 g/mol. The molecule has 0 aliphatic rings. The number of furan rings is 1. The molecule has 130 valence electrons. The average Bonchev–Trinajstić information content (AvgIpc) is 2.90. The first kappa shape index (κ1) is 16.9. The molecule has 1 N–H and O–H groups in total. The maximum atomic E-state index is 12.9. The van der Waals surface area contributed by atoms with Gasteiger partial charge in [-0.1, -0.05) is 6.07 Å². The molecule has 3 aromatic rings. The van der Waals surface area contributed by atoms with E-state index < -0.39 is 0 Å². The molecule has 3 rings (SSSR count). The van der Waals surface area contributed by atoms with Gasteiger partial charge in [0.05, 0.1) is 25.0 Å². The molecule has 1 amide bonds. The van der Waals surface area contributed by atoms with E-state index in [2.05, 4.69) is 5.32 Å². The number of anilines is 1. The highest BCUT2D eigenvalue weighted by molar-refractivity contribution is 6.13. The molecule has 0 atom stereocenters. The normalized spacial score (nSPS) is 10.7. The fraction of sp³-hybridized carbons (Fsp3) is 0.250. The van der Waals surface area contributed by atoms with Gasteiger partial charge in [-0.05, 0) is 56.7 Å². The smallest absolute Gasteiger partial charge is 0.259 e. The van der Waals surface area contributed by atoms with Crippen molar-refractivity contribution in [3.05, 3.63) is 53.3 Å². The SMILES string of the molecule is CCOc1ccc2oc(C)c(C(=O)Nc3cc(C)ccc3OC)c2c1. The topological polar surface area (TPSA) is 60.7 Å². The summed E-state index contributed by atoms with van der Waals surface area (Å²) in [6.07, 6.45) is 0. The van der Waals surface area contributed by atoms with Gasteiger partial charge in [-0.2, -0.15) is 0 Å². The van der Waals surface area contributed by atoms with E-state index in [0.29, 0.717) is 40.7 Å². The van der Waals surface area contributed by atoms with Crippen LogP contribution in [0.2, 0.25) is 0 Å². The molecule has 0 saturated carbocycles. The number of methoxy groups -OCH3 is 1. The van der Waals surface area contributed by atoms with E-state index in [0.717, 1.165) is 10.9 Å². The van der Waals surface area contributed by atoms with Crippen molar-refractivity contribution in [2.24, 2.45) is 0 Å². The van der Waals surface area contributed by atoms with Gasteiger partial charge in [-0.25, -0.2) is 0 Å². The summed E-state index contributed by atoms with van der Waals surface area (Å²) in [5.41, 5.74) is 2.81. The Morgan fingerprint density at radius 1 is 1.16 bits per heavy atom. The molecular weight excluding hydrogens is 318 g/mol. The highest BCUT2D eigenvalue weighted by atomic mass is 16.5. The zero-order chi connectivity index (χ0) is 18.0. The predicted molar refractivity (Wildman–Crippen MR) is 97.8 cm³/mol. The zero-order valence-electron chi connectivity index (χ0n) is 14.8. The Balaban J connectivity index is 2.01. The Hall–Kier alpha value is -2.95. The third-order valence-corrected chi connectivity index (χ3v) is 3.98. The molecular formula is C20H21NO4. The van der Waals surface area contributed by atoms with Crippen LogP contribution in [0.4, 0.5) is 5.69 Å². The van der Waals surface area contributed by atoms with E-state index in [9.17, 15) is 4.79 Å². The number of carbonyl (C=O) groups excluding carboxylic acids is 1. The number of benzene rings is 2. The largest absolute Gasteiger partial charge is 0.495 e. The van der Waals surface area contributed by atoms with Crippen molar-refractivity contribution in [3.63, 3.8) is 0 Å². The second-order valence-corrected chi connectivity index (χ2v) is 5.78. The second kappa shape index (κ2) is 6.89. The van der Waals surface area contributed by atoms with Crippen molar-refractivity contribution in [1.82, 2.24) is 0 Å². The number of ether oxygens (including phenoxy) is 2. The molecule has 2 aromatic carbocycles. The Bertz CT molecular complexity index is 927. The molecule has 1 heterocycles. The van der Waals surface area contributed by atoms with Gasteiger partial charge < -0.3 is 19.2 Å². The summed E-state index contributed by atoms with van der Waals surface area (Å²) in [7, 11) is 1.58. The lowest BCUT2D eigenvalue weighted by molar-refractivity contribution is 0.102. The number of aryl methyl sites for hydroxylation is 2. The Kier molecular flexibility index (Phi) is 4.65. The molecule has 25 heavy (non-hydrogen) atoms. The zero-order valence-corrected chi connectivity index (χ0v) is 14.8. The molecule has 0 aliphatic carbocycles. The lowest BCUT2D eigenvalue weighted by Crippen LogP contribution is -2.13. The predicted octanol–water partition coefficient (Wildman–Crippen LogP) is 4.71. The van der Waals surface area contributed by atoms with Crippen molar-refractivity contribution in [2.75, 3.05) is 19.0 Å². The van der Waals surface area contributed by atoms with Crippen LogP contribution < -0.4 is 14.8 Å². The summed E-state index contributed by atoms with van der Waals surface area (Å²) in [5, 5.41) is 3.65. The molecule has 0 spiro atoms. The lowest BCUT2D eigenvalue weighted by atomic mass is 10.1. The number of carbonyl (C=O) groups is 1. The van der Waals surface area contributed by atoms with E-state index in [4.69, 9.17) is 13.9 Å². The van der Waals surface area contributed by atoms with Crippen LogP contribution in [0.5, 0.6) is 11.5 Å². The van der Waals surface area contributed by atoms with Crippen LogP contribution in [0, 0.1) is 13.8 Å². The van der Waals surface area contributed by atoms with Gasteiger partial charge >= 0.3 is 0 Å². The number of hydrogen-bond donors (Lipinski definition) is 1. The minimum absolute atomic E-state index is 0.242. The van der Waals surface area contributed by atoms with Gasteiger partial charge in [0.15, 0.2) is 0 Å². The molecule has 0 saturated heterocycles. The highest BCUT2D eigenvalue weighted by Gasteiger charge is 2.20. The Labute approximate surface area is 146 Å². The van der Waals surface area contributed by atoms with E-state index >= 15 is 0 Å². The van der Waals surface area contributed by atoms with E-state index in [-0.39, 0.29) is 5.91 Å². The monoisotopic (exact) mass is 339 g/mol. The third kappa shape index (κ3) is 3.31. The molecule has 0 unspecified atom stereocenters. The van der Waals surface area contributed by atoms with Gasteiger partial charge in [0, 0.05) is 5.39 Å². The van der Waals surface area contributed by atoms with Crippen LogP contribution in [0.3, 0.4) is 0 Å². The first-order valence-electron chi connectivity index (χ1n) is 8.15. The minimum Gasteiger partial charge on any atom is -0.495 e. The summed E-state index contributed by atoms with van der Waals surface area (Å²) in [6, 6.07) is 11.1. The summed E-state index contributed by atoms with van der Waals surface area (Å²) in [4.78, 5) is 12.9. The standard InChI is InChI=1S/C20H21NO4/c1-5-24-14-7-9-17-15(11-14)19(13(3)25-17)20(22)21-16-10-12(2)6-8-18(16)23-4/h6-11H,5H2,1-4H3,(H,21,22). The summed E-state index contributed by atoms with van der Waals surface area (Å²) >= 11 is 0. The van der Waals surface area contributed by atoms with Gasteiger partial charge in [0.25, 0.3) is 5.91 Å². The number of nitrogens with one attached hydrogen (secondary N) is 1. The van der Waals surface area contributed by atoms with E-state index in [1.165, 1.54) is 0 Å². The lowest BCUT2D eigenvalue weighted by Gasteiger charge is -2.11. The van der Waals surface area contributed by atoms with E-state index in [1.54, 1.807) is 14.0 Å². The fourth-order valence-corrected chi connectivity index (χ4v) is 2.84. The summed E-state index contributed by atoms with van der Waals surface area (Å²) in [6.45, 7) is 6.22. The van der Waals surface area contributed by atoms with Gasteiger partial charge in [-0.3, -0.25) is 4.79 Å². The third-order valence-electron chi connectivity index (χ3n) is 3.98. The number of hydrogen-bond acceptors (Lipinski definition) is 4. The summed E-state index contributed by atoms with van der Waals surface area (Å²) in [5.74, 6) is 1.64. The van der Waals surface area contributed by atoms with Crippen molar-refractivity contribution in [3.8, 4) is 11.5 Å². The minimum atomic E-state index is -0.242. The molecule has 0 aliphatic heterocycles. The molecule has 0 radical (unpaired) electrons. The van der Waals surface area contributed by atoms with Crippen LogP contribution >= 0.6 is 0 Å². The van der Waals surface area contributed by atoms with E-state index in [1.807, 2.05) is 50.2 Å². The first-order chi connectivity index (χ1) is 12.0. The quantitative estimate of drug-likeness (QED) is 0.731. The molecule has 5 nitrogen and oxygen atoms in total. The van der Waals surface area contributed by atoms with Crippen molar-refractivity contribution >= 4 is 22.6 Å². The van der Waals surface area contributed by atoms with Gasteiger partial charge in [-0.15, -0.1) is 0 Å². The first-order valence-corrected chi connectivity index (χ1v) is 8.15. The highest BCUT2D eigenvalue weighted by Crippen LogP contribution is 2.31. The maximum absolute atomic E-state index is 12.9. The molecule has 0 bridgehead atoms. The van der Waals surface area contributed by atoms with Gasteiger partial charge in [0.1, 0.15) is 22.8 Å². The fourth-order valence-electron chi connectivity index (χ4n) is 2.84. The Morgan fingerprint density at radius 3 is 2.68 bits per heavy atom. The molecule has 0 fully saturated rings. The molecule has 1 aromatic heterocycles. The number of amides is 1. The summed E-state index contributed by atoms with van der Waals surface area (Å²) < 4.78 is 16.6. The van der Waals surface area contributed by atoms with Crippen LogP contribution in [0.15, 0.2) is 40.8 Å². The number of fused-ring (bicyclic) bond motifs is 1. The Morgan fingerprint density at radius 2 is 1.96 bits per heavy atom. The van der Waals surface area contributed by atoms with Crippen molar-refractivity contribution in [1.29, 1.82) is 0 Å². The maximum Gasteiger partial charge on any atom is 0.259 e. The van der Waals surface area contributed by atoms with Crippen molar-refractivity contribution in [2.45, 2.75) is 20.8 Å². The van der Waals surface area contributed by atoms with Crippen LogP contribution in [0.25, 0.3) is 11.0 Å². The van der Waals surface area contributed by atoms with Crippen molar-refractivity contribution < 1.29 is 18.7 Å². The van der Waals surface area contributed by atoms with Crippen LogP contribution in [0.1, 0.15) is 28.6 Å². The van der Waals surface area contributed by atoms with Crippen LogP contribution in [-0.4, -0.2) is 19.6 Å². The molecule has 5 heteroatoms. The number of rotatable bonds is 5.